The molecule has 0 saturated carbocycles. The predicted molar refractivity (Wildman–Crippen MR) is 99.8 cm³/mol. The van der Waals surface area contributed by atoms with Crippen molar-refractivity contribution in [2.45, 2.75) is 11.4 Å². The third-order valence-corrected chi connectivity index (χ3v) is 5.36. The summed E-state index contributed by atoms with van der Waals surface area (Å²) in [7, 11) is -2.08. The van der Waals surface area contributed by atoms with Crippen molar-refractivity contribution < 1.29 is 12.9 Å². The lowest BCUT2D eigenvalue weighted by Crippen LogP contribution is -2.18. The minimum Gasteiger partial charge on any atom is -0.334 e. The fourth-order valence-corrected chi connectivity index (χ4v) is 3.43. The Bertz CT molecular complexity index is 1000. The molecule has 0 radical (unpaired) electrons. The summed E-state index contributed by atoms with van der Waals surface area (Å²) in [6.45, 7) is 0.387. The van der Waals surface area contributed by atoms with Gasteiger partial charge in [0.2, 0.25) is 15.8 Å². The summed E-state index contributed by atoms with van der Waals surface area (Å²) in [4.78, 5) is 4.43. The highest BCUT2D eigenvalue weighted by Gasteiger charge is 2.12. The van der Waals surface area contributed by atoms with Gasteiger partial charge in [-0.2, -0.15) is 4.98 Å². The Hall–Kier alpha value is -2.13. The second-order valence-electron chi connectivity index (χ2n) is 5.29. The monoisotopic (exact) mass is 412 g/mol. The Morgan fingerprint density at radius 3 is 2.35 bits per heavy atom. The molecule has 0 bridgehead atoms. The average Bonchev–Trinajstić information content (AvgIpc) is 3.08. The molecule has 0 saturated heterocycles. The number of sulfonamides is 1. The van der Waals surface area contributed by atoms with E-state index in [0.717, 1.165) is 5.56 Å². The van der Waals surface area contributed by atoms with Crippen molar-refractivity contribution in [1.29, 1.82) is 0 Å². The van der Waals surface area contributed by atoms with Crippen molar-refractivity contribution >= 4 is 39.2 Å². The molecule has 26 heavy (non-hydrogen) atoms. The number of nitrogens with zero attached hydrogens (tertiary/aromatic N) is 2. The van der Waals surface area contributed by atoms with Gasteiger partial charge in [0, 0.05) is 22.2 Å². The highest BCUT2D eigenvalue weighted by molar-refractivity contribution is 7.89. The number of hydrogen-bond acceptors (Lipinski definition) is 6. The second kappa shape index (κ2) is 7.63. The summed E-state index contributed by atoms with van der Waals surface area (Å²) < 4.78 is 30.8. The third-order valence-electron chi connectivity index (χ3n) is 3.49. The fourth-order valence-electron chi connectivity index (χ4n) is 2.18. The quantitative estimate of drug-likeness (QED) is 0.642. The van der Waals surface area contributed by atoms with E-state index in [2.05, 4.69) is 20.2 Å². The number of rotatable bonds is 6. The van der Waals surface area contributed by atoms with Crippen LogP contribution < -0.4 is 10.0 Å². The summed E-state index contributed by atoms with van der Waals surface area (Å²) >= 11 is 11.9. The fraction of sp³-hybridized carbons (Fsp3) is 0.125. The topological polar surface area (TPSA) is 97.1 Å². The van der Waals surface area contributed by atoms with Crippen LogP contribution in [0.15, 0.2) is 51.9 Å². The van der Waals surface area contributed by atoms with Crippen molar-refractivity contribution in [2.75, 3.05) is 12.4 Å². The molecule has 1 heterocycles. The lowest BCUT2D eigenvalue weighted by Gasteiger charge is -2.05. The molecule has 0 amide bonds. The summed E-state index contributed by atoms with van der Waals surface area (Å²) in [5.74, 6) is 0.354. The van der Waals surface area contributed by atoms with Gasteiger partial charge in [0.1, 0.15) is 0 Å². The Balaban J connectivity index is 1.68. The van der Waals surface area contributed by atoms with Gasteiger partial charge in [0.05, 0.1) is 4.90 Å². The first-order valence-corrected chi connectivity index (χ1v) is 9.68. The molecule has 2 N–H and O–H groups in total. The molecule has 0 aliphatic heterocycles. The summed E-state index contributed by atoms with van der Waals surface area (Å²) in [6, 6.07) is 11.7. The molecule has 3 rings (SSSR count). The van der Waals surface area contributed by atoms with Crippen LogP contribution in [0.3, 0.4) is 0 Å². The molecule has 1 aromatic heterocycles. The second-order valence-corrected chi connectivity index (χ2v) is 8.05. The van der Waals surface area contributed by atoms with Crippen LogP contribution in [0.1, 0.15) is 5.56 Å². The Kier molecular flexibility index (Phi) is 5.47. The van der Waals surface area contributed by atoms with Crippen LogP contribution in [0.25, 0.3) is 11.4 Å². The van der Waals surface area contributed by atoms with E-state index in [-0.39, 0.29) is 10.9 Å². The van der Waals surface area contributed by atoms with Crippen LogP contribution in [0, 0.1) is 0 Å². The van der Waals surface area contributed by atoms with Crippen LogP contribution in [0.4, 0.5) is 6.01 Å². The maximum Gasteiger partial charge on any atom is 0.322 e. The number of nitrogens with one attached hydrogen (secondary N) is 2. The van der Waals surface area contributed by atoms with Crippen LogP contribution in [0.5, 0.6) is 0 Å². The van der Waals surface area contributed by atoms with Crippen molar-refractivity contribution in [3.05, 3.63) is 58.1 Å². The van der Waals surface area contributed by atoms with Crippen molar-refractivity contribution in [2.24, 2.45) is 0 Å². The minimum absolute atomic E-state index is 0.196. The number of aromatic nitrogens is 2. The average molecular weight is 413 g/mol. The van der Waals surface area contributed by atoms with Crippen LogP contribution in [0.2, 0.25) is 10.0 Å². The molecule has 7 nitrogen and oxygen atoms in total. The number of halogens is 2. The molecule has 0 aliphatic carbocycles. The zero-order chi connectivity index (χ0) is 18.7. The smallest absolute Gasteiger partial charge is 0.322 e. The minimum atomic E-state index is -3.45. The first-order valence-electron chi connectivity index (χ1n) is 7.44. The Morgan fingerprint density at radius 1 is 1.08 bits per heavy atom. The molecule has 0 aliphatic rings. The molecule has 136 valence electrons. The van der Waals surface area contributed by atoms with Crippen molar-refractivity contribution in [3.63, 3.8) is 0 Å². The van der Waals surface area contributed by atoms with Gasteiger partial charge < -0.3 is 9.84 Å². The van der Waals surface area contributed by atoms with E-state index in [1.54, 1.807) is 30.3 Å². The summed E-state index contributed by atoms with van der Waals surface area (Å²) in [5.41, 5.74) is 1.49. The molecule has 2 aromatic carbocycles. The van der Waals surface area contributed by atoms with Crippen LogP contribution in [-0.4, -0.2) is 25.6 Å². The summed E-state index contributed by atoms with van der Waals surface area (Å²) in [6.07, 6.45) is 0. The standard InChI is InChI=1S/C16H14Cl2N4O3S/c1-19-26(23,24)14-4-2-10(3-5-14)9-20-16-21-15(22-25-16)11-6-12(17)8-13(18)7-11/h2-8,19H,9H2,1H3,(H,20,21,22). The van der Waals surface area contributed by atoms with E-state index in [1.807, 2.05) is 0 Å². The van der Waals surface area contributed by atoms with E-state index in [4.69, 9.17) is 27.7 Å². The molecule has 0 unspecified atom stereocenters. The maximum absolute atomic E-state index is 11.7. The van der Waals surface area contributed by atoms with E-state index in [0.29, 0.717) is 28.0 Å². The summed E-state index contributed by atoms with van der Waals surface area (Å²) in [5, 5.41) is 7.82. The lowest BCUT2D eigenvalue weighted by atomic mass is 10.2. The molecule has 0 fully saturated rings. The largest absolute Gasteiger partial charge is 0.334 e. The van der Waals surface area contributed by atoms with Gasteiger partial charge in [-0.1, -0.05) is 40.5 Å². The predicted octanol–water partition coefficient (Wildman–Crippen LogP) is 3.56. The van der Waals surface area contributed by atoms with Gasteiger partial charge in [0.25, 0.3) is 0 Å². The molecular formula is C16H14Cl2N4O3S. The molecule has 3 aromatic rings. The number of benzene rings is 2. The van der Waals surface area contributed by atoms with Gasteiger partial charge >= 0.3 is 6.01 Å². The number of anilines is 1. The molecule has 10 heteroatoms. The Labute approximate surface area is 160 Å². The van der Waals surface area contributed by atoms with Crippen molar-refractivity contribution in [3.8, 4) is 11.4 Å². The van der Waals surface area contributed by atoms with Gasteiger partial charge in [-0.15, -0.1) is 0 Å². The lowest BCUT2D eigenvalue weighted by molar-refractivity contribution is 0.432. The van der Waals surface area contributed by atoms with Gasteiger partial charge in [-0.05, 0) is 42.9 Å². The maximum atomic E-state index is 11.7. The highest BCUT2D eigenvalue weighted by atomic mass is 35.5. The van der Waals surface area contributed by atoms with E-state index in [9.17, 15) is 8.42 Å². The van der Waals surface area contributed by atoms with Crippen LogP contribution in [-0.2, 0) is 16.6 Å². The van der Waals surface area contributed by atoms with E-state index < -0.39 is 10.0 Å². The Morgan fingerprint density at radius 2 is 1.73 bits per heavy atom. The van der Waals surface area contributed by atoms with Gasteiger partial charge in [-0.25, -0.2) is 13.1 Å². The molecule has 0 spiro atoms. The van der Waals surface area contributed by atoms with Crippen molar-refractivity contribution in [1.82, 2.24) is 14.9 Å². The normalized spacial score (nSPS) is 11.5. The van der Waals surface area contributed by atoms with Gasteiger partial charge in [-0.3, -0.25) is 0 Å². The van der Waals surface area contributed by atoms with E-state index in [1.165, 1.54) is 19.2 Å². The SMILES string of the molecule is CNS(=O)(=O)c1ccc(CNc2nc(-c3cc(Cl)cc(Cl)c3)no2)cc1. The zero-order valence-corrected chi connectivity index (χ0v) is 15.9. The molecular weight excluding hydrogens is 399 g/mol. The van der Waals surface area contributed by atoms with Gasteiger partial charge in [0.15, 0.2) is 0 Å². The van der Waals surface area contributed by atoms with Crippen LogP contribution >= 0.6 is 23.2 Å². The first kappa shape index (κ1) is 18.7. The zero-order valence-electron chi connectivity index (χ0n) is 13.5. The number of hydrogen-bond donors (Lipinski definition) is 2. The highest BCUT2D eigenvalue weighted by Crippen LogP contribution is 2.26. The first-order chi connectivity index (χ1) is 12.4. The van der Waals surface area contributed by atoms with E-state index >= 15 is 0 Å². The third kappa shape index (κ3) is 4.34. The molecule has 0 atom stereocenters.